The van der Waals surface area contributed by atoms with Crippen LogP contribution in [0, 0.1) is 11.3 Å². The molecule has 1 aliphatic rings. The van der Waals surface area contributed by atoms with E-state index in [2.05, 4.69) is 0 Å². The van der Waals surface area contributed by atoms with Crippen molar-refractivity contribution in [3.8, 4) is 0 Å². The standard InChI is InChI=1S/C17H23NO3/c1-4-21-15(19)12-13-10-11-18(16(20)17(13,2)3)14-8-6-5-7-9-14/h5-9,13H,4,10-12H2,1-3H3. The number of benzene rings is 1. The summed E-state index contributed by atoms with van der Waals surface area (Å²) in [6, 6.07) is 9.69. The van der Waals surface area contributed by atoms with Gasteiger partial charge in [0.25, 0.3) is 0 Å². The van der Waals surface area contributed by atoms with Crippen molar-refractivity contribution >= 4 is 17.6 Å². The minimum atomic E-state index is -0.555. The second kappa shape index (κ2) is 6.29. The lowest BCUT2D eigenvalue weighted by Crippen LogP contribution is -2.51. The molecule has 1 atom stereocenters. The Morgan fingerprint density at radius 2 is 2.00 bits per heavy atom. The summed E-state index contributed by atoms with van der Waals surface area (Å²) in [5.74, 6) is -0.102. The molecule has 0 N–H and O–H groups in total. The maximum atomic E-state index is 12.8. The van der Waals surface area contributed by atoms with Crippen LogP contribution in [0.4, 0.5) is 5.69 Å². The average molecular weight is 289 g/mol. The quantitative estimate of drug-likeness (QED) is 0.800. The summed E-state index contributed by atoms with van der Waals surface area (Å²) in [4.78, 5) is 26.3. The highest BCUT2D eigenvalue weighted by Gasteiger charge is 2.44. The number of ether oxygens (including phenoxy) is 1. The van der Waals surface area contributed by atoms with Gasteiger partial charge in [0.15, 0.2) is 0 Å². The zero-order valence-corrected chi connectivity index (χ0v) is 13.0. The van der Waals surface area contributed by atoms with E-state index < -0.39 is 5.41 Å². The largest absolute Gasteiger partial charge is 0.466 e. The highest BCUT2D eigenvalue weighted by molar-refractivity contribution is 5.98. The number of anilines is 1. The normalized spacial score (nSPS) is 21.2. The molecule has 0 saturated carbocycles. The van der Waals surface area contributed by atoms with E-state index in [0.717, 1.165) is 12.1 Å². The molecule has 0 aromatic heterocycles. The first kappa shape index (κ1) is 15.5. The Labute approximate surface area is 126 Å². The Morgan fingerprint density at radius 1 is 1.33 bits per heavy atom. The zero-order valence-electron chi connectivity index (χ0n) is 13.0. The highest BCUT2D eigenvalue weighted by Crippen LogP contribution is 2.40. The maximum Gasteiger partial charge on any atom is 0.306 e. The third kappa shape index (κ3) is 3.26. The molecule has 1 heterocycles. The lowest BCUT2D eigenvalue weighted by molar-refractivity contribution is -0.147. The number of piperidine rings is 1. The minimum absolute atomic E-state index is 0.0315. The fourth-order valence-electron chi connectivity index (χ4n) is 2.90. The molecule has 1 unspecified atom stereocenters. The first-order chi connectivity index (χ1) is 9.96. The molecule has 0 radical (unpaired) electrons. The van der Waals surface area contributed by atoms with E-state index in [0.29, 0.717) is 19.6 Å². The number of amides is 1. The van der Waals surface area contributed by atoms with Crippen LogP contribution in [-0.2, 0) is 14.3 Å². The fraction of sp³-hybridized carbons (Fsp3) is 0.529. The Kier molecular flexibility index (Phi) is 4.66. The lowest BCUT2D eigenvalue weighted by Gasteiger charge is -2.42. The number of carbonyl (C=O) groups excluding carboxylic acids is 2. The number of nitrogens with zero attached hydrogens (tertiary/aromatic N) is 1. The first-order valence-electron chi connectivity index (χ1n) is 7.49. The summed E-state index contributed by atoms with van der Waals surface area (Å²) in [6.45, 7) is 6.68. The van der Waals surface area contributed by atoms with Crippen molar-refractivity contribution in [3.63, 3.8) is 0 Å². The van der Waals surface area contributed by atoms with Crippen LogP contribution in [0.15, 0.2) is 30.3 Å². The SMILES string of the molecule is CCOC(=O)CC1CCN(c2ccccc2)C(=O)C1(C)C. The van der Waals surface area contributed by atoms with Gasteiger partial charge in [-0.1, -0.05) is 32.0 Å². The maximum absolute atomic E-state index is 12.8. The van der Waals surface area contributed by atoms with Crippen molar-refractivity contribution in [1.29, 1.82) is 0 Å². The van der Waals surface area contributed by atoms with Gasteiger partial charge in [0.2, 0.25) is 5.91 Å². The van der Waals surface area contributed by atoms with Crippen LogP contribution in [0.1, 0.15) is 33.6 Å². The van der Waals surface area contributed by atoms with Crippen LogP contribution in [0.25, 0.3) is 0 Å². The van der Waals surface area contributed by atoms with Gasteiger partial charge in [-0.25, -0.2) is 0 Å². The Morgan fingerprint density at radius 3 is 2.62 bits per heavy atom. The Balaban J connectivity index is 2.13. The molecule has 1 aromatic carbocycles. The molecule has 2 rings (SSSR count). The van der Waals surface area contributed by atoms with E-state index in [9.17, 15) is 9.59 Å². The van der Waals surface area contributed by atoms with Crippen molar-refractivity contribution in [2.24, 2.45) is 11.3 Å². The van der Waals surface area contributed by atoms with Crippen molar-refractivity contribution < 1.29 is 14.3 Å². The molecule has 0 aliphatic carbocycles. The number of hydrogen-bond acceptors (Lipinski definition) is 3. The molecular formula is C17H23NO3. The van der Waals surface area contributed by atoms with Gasteiger partial charge in [-0.05, 0) is 31.4 Å². The molecule has 1 amide bonds. The van der Waals surface area contributed by atoms with Gasteiger partial charge in [-0.3, -0.25) is 9.59 Å². The van der Waals surface area contributed by atoms with Gasteiger partial charge in [-0.15, -0.1) is 0 Å². The monoisotopic (exact) mass is 289 g/mol. The van der Waals surface area contributed by atoms with Gasteiger partial charge in [0.05, 0.1) is 6.61 Å². The minimum Gasteiger partial charge on any atom is -0.466 e. The van der Waals surface area contributed by atoms with Crippen molar-refractivity contribution in [2.75, 3.05) is 18.1 Å². The Hall–Kier alpha value is -1.84. The summed E-state index contributed by atoms with van der Waals surface area (Å²) in [5.41, 5.74) is 0.367. The average Bonchev–Trinajstić information content (AvgIpc) is 2.46. The van der Waals surface area contributed by atoms with Gasteiger partial charge in [0.1, 0.15) is 0 Å². The number of hydrogen-bond donors (Lipinski definition) is 0. The van der Waals surface area contributed by atoms with Gasteiger partial charge in [0, 0.05) is 24.1 Å². The van der Waals surface area contributed by atoms with Gasteiger partial charge in [-0.2, -0.15) is 0 Å². The summed E-state index contributed by atoms with van der Waals surface area (Å²) in [7, 11) is 0. The van der Waals surface area contributed by atoms with Crippen molar-refractivity contribution in [2.45, 2.75) is 33.6 Å². The number of carbonyl (C=O) groups is 2. The second-order valence-electron chi connectivity index (χ2n) is 6.01. The fourth-order valence-corrected chi connectivity index (χ4v) is 2.90. The predicted molar refractivity (Wildman–Crippen MR) is 81.9 cm³/mol. The second-order valence-corrected chi connectivity index (χ2v) is 6.01. The molecule has 0 bridgehead atoms. The van der Waals surface area contributed by atoms with Crippen LogP contribution in [-0.4, -0.2) is 25.0 Å². The third-order valence-corrected chi connectivity index (χ3v) is 4.30. The zero-order chi connectivity index (χ0) is 15.5. The number of esters is 1. The molecule has 21 heavy (non-hydrogen) atoms. The lowest BCUT2D eigenvalue weighted by atomic mass is 9.71. The van der Waals surface area contributed by atoms with Crippen LogP contribution >= 0.6 is 0 Å². The molecule has 1 saturated heterocycles. The summed E-state index contributed by atoms with van der Waals surface area (Å²) in [5, 5.41) is 0. The molecule has 1 aliphatic heterocycles. The van der Waals surface area contributed by atoms with E-state index in [1.54, 1.807) is 6.92 Å². The number of rotatable bonds is 4. The third-order valence-electron chi connectivity index (χ3n) is 4.30. The van der Waals surface area contributed by atoms with Gasteiger partial charge < -0.3 is 9.64 Å². The summed E-state index contributed by atoms with van der Waals surface area (Å²) < 4.78 is 5.02. The summed E-state index contributed by atoms with van der Waals surface area (Å²) in [6.07, 6.45) is 1.13. The molecule has 1 aromatic rings. The molecule has 4 heteroatoms. The van der Waals surface area contributed by atoms with Crippen LogP contribution in [0.5, 0.6) is 0 Å². The van der Waals surface area contributed by atoms with Crippen molar-refractivity contribution in [3.05, 3.63) is 30.3 Å². The smallest absolute Gasteiger partial charge is 0.306 e. The van der Waals surface area contributed by atoms with E-state index in [-0.39, 0.29) is 17.8 Å². The Bertz CT molecular complexity index is 510. The van der Waals surface area contributed by atoms with E-state index >= 15 is 0 Å². The van der Waals surface area contributed by atoms with E-state index in [4.69, 9.17) is 4.74 Å². The molecule has 4 nitrogen and oxygen atoms in total. The molecular weight excluding hydrogens is 266 g/mol. The molecule has 114 valence electrons. The van der Waals surface area contributed by atoms with Crippen LogP contribution in [0.3, 0.4) is 0 Å². The number of para-hydroxylation sites is 1. The van der Waals surface area contributed by atoms with Gasteiger partial charge >= 0.3 is 5.97 Å². The van der Waals surface area contributed by atoms with E-state index in [1.165, 1.54) is 0 Å². The van der Waals surface area contributed by atoms with Crippen LogP contribution in [0.2, 0.25) is 0 Å². The highest BCUT2D eigenvalue weighted by atomic mass is 16.5. The predicted octanol–water partition coefficient (Wildman–Crippen LogP) is 3.02. The van der Waals surface area contributed by atoms with Crippen molar-refractivity contribution in [1.82, 2.24) is 0 Å². The molecule has 1 fully saturated rings. The first-order valence-corrected chi connectivity index (χ1v) is 7.49. The topological polar surface area (TPSA) is 46.6 Å². The molecule has 0 spiro atoms. The summed E-state index contributed by atoms with van der Waals surface area (Å²) >= 11 is 0. The van der Waals surface area contributed by atoms with E-state index in [1.807, 2.05) is 49.1 Å². The van der Waals surface area contributed by atoms with Crippen LogP contribution < -0.4 is 4.90 Å².